The quantitative estimate of drug-likeness (QED) is 0.668. The number of carbonyl (C=O) groups excluding carboxylic acids is 1. The second-order valence-corrected chi connectivity index (χ2v) is 7.93. The van der Waals surface area contributed by atoms with Crippen LogP contribution in [0.5, 0.6) is 0 Å². The molecular weight excluding hydrogens is 332 g/mol. The van der Waals surface area contributed by atoms with Crippen LogP contribution in [0.25, 0.3) is 10.9 Å². The molecule has 25 heavy (non-hydrogen) atoms. The van der Waals surface area contributed by atoms with E-state index in [-0.39, 0.29) is 11.2 Å². The lowest BCUT2D eigenvalue weighted by Crippen LogP contribution is -2.50. The summed E-state index contributed by atoms with van der Waals surface area (Å²) in [6.45, 7) is 3.72. The molecule has 0 saturated heterocycles. The van der Waals surface area contributed by atoms with E-state index in [1.54, 1.807) is 0 Å². The van der Waals surface area contributed by atoms with E-state index in [1.807, 2.05) is 38.1 Å². The highest BCUT2D eigenvalue weighted by molar-refractivity contribution is 8.00. The van der Waals surface area contributed by atoms with Gasteiger partial charge in [-0.2, -0.15) is 5.26 Å². The molecule has 2 aromatic rings. The van der Waals surface area contributed by atoms with Crippen molar-refractivity contribution in [2.24, 2.45) is 0 Å². The minimum Gasteiger partial charge on any atom is -0.337 e. The molecule has 1 aromatic carbocycles. The third kappa shape index (κ3) is 3.93. The zero-order chi connectivity index (χ0) is 17.9. The molecule has 1 amide bonds. The van der Waals surface area contributed by atoms with E-state index in [9.17, 15) is 10.1 Å². The second-order valence-electron chi connectivity index (χ2n) is 6.60. The van der Waals surface area contributed by atoms with Crippen LogP contribution in [-0.2, 0) is 4.79 Å². The van der Waals surface area contributed by atoms with Crippen molar-refractivity contribution in [1.82, 2.24) is 15.3 Å². The molecule has 0 radical (unpaired) electrons. The standard InChI is InChI=1S/C19H22N4OS/c1-13(17(24)23-19(12-20)10-6-3-7-11-19)25-18-15-8-4-5-9-16(15)21-14(2)22-18/h4-5,8-9,13H,3,6-7,10-11H2,1-2H3,(H,23,24). The van der Waals surface area contributed by atoms with Crippen molar-refractivity contribution in [1.29, 1.82) is 5.26 Å². The van der Waals surface area contributed by atoms with Gasteiger partial charge in [0, 0.05) is 5.39 Å². The van der Waals surface area contributed by atoms with Gasteiger partial charge in [-0.05, 0) is 32.8 Å². The third-order valence-corrected chi connectivity index (χ3v) is 5.72. The van der Waals surface area contributed by atoms with E-state index in [2.05, 4.69) is 21.4 Å². The van der Waals surface area contributed by atoms with Crippen molar-refractivity contribution in [3.8, 4) is 6.07 Å². The number of hydrogen-bond donors (Lipinski definition) is 1. The van der Waals surface area contributed by atoms with Crippen LogP contribution in [-0.4, -0.2) is 26.7 Å². The molecule has 1 heterocycles. The summed E-state index contributed by atoms with van der Waals surface area (Å²) in [6, 6.07) is 10.2. The number of aromatic nitrogens is 2. The summed E-state index contributed by atoms with van der Waals surface area (Å²) >= 11 is 1.42. The summed E-state index contributed by atoms with van der Waals surface area (Å²) in [5, 5.41) is 14.0. The van der Waals surface area contributed by atoms with Crippen LogP contribution in [0.2, 0.25) is 0 Å². The summed E-state index contributed by atoms with van der Waals surface area (Å²) in [6.07, 6.45) is 4.59. The first-order valence-corrected chi connectivity index (χ1v) is 9.54. The molecule has 130 valence electrons. The van der Waals surface area contributed by atoms with Gasteiger partial charge >= 0.3 is 0 Å². The fraction of sp³-hybridized carbons (Fsp3) is 0.474. The number of benzene rings is 1. The lowest BCUT2D eigenvalue weighted by Gasteiger charge is -2.32. The monoisotopic (exact) mass is 354 g/mol. The van der Waals surface area contributed by atoms with Crippen molar-refractivity contribution in [2.45, 2.75) is 61.8 Å². The number of thioether (sulfide) groups is 1. The summed E-state index contributed by atoms with van der Waals surface area (Å²) in [7, 11) is 0. The Bertz CT molecular complexity index is 824. The maximum absolute atomic E-state index is 12.7. The van der Waals surface area contributed by atoms with Gasteiger partial charge in [0.25, 0.3) is 0 Å². The molecule has 0 aliphatic heterocycles. The zero-order valence-corrected chi connectivity index (χ0v) is 15.4. The van der Waals surface area contributed by atoms with Gasteiger partial charge in [-0.25, -0.2) is 9.97 Å². The first-order chi connectivity index (χ1) is 12.0. The largest absolute Gasteiger partial charge is 0.337 e. The number of nitrogens with one attached hydrogen (secondary N) is 1. The highest BCUT2D eigenvalue weighted by Gasteiger charge is 2.35. The van der Waals surface area contributed by atoms with E-state index in [0.29, 0.717) is 5.82 Å². The Balaban J connectivity index is 1.77. The average molecular weight is 354 g/mol. The molecular formula is C19H22N4OS. The van der Waals surface area contributed by atoms with Gasteiger partial charge in [0.2, 0.25) is 5.91 Å². The lowest BCUT2D eigenvalue weighted by atomic mass is 9.83. The predicted molar refractivity (Wildman–Crippen MR) is 99.2 cm³/mol. The molecule has 0 spiro atoms. The average Bonchev–Trinajstić information content (AvgIpc) is 2.62. The fourth-order valence-electron chi connectivity index (χ4n) is 3.23. The van der Waals surface area contributed by atoms with Gasteiger partial charge in [0.1, 0.15) is 16.4 Å². The maximum Gasteiger partial charge on any atom is 0.234 e. The Kier molecular flexibility index (Phi) is 5.24. The minimum absolute atomic E-state index is 0.103. The molecule has 5 nitrogen and oxygen atoms in total. The topological polar surface area (TPSA) is 78.7 Å². The number of amides is 1. The molecule has 1 atom stereocenters. The fourth-order valence-corrected chi connectivity index (χ4v) is 4.21. The molecule has 1 aliphatic carbocycles. The second kappa shape index (κ2) is 7.40. The molecule has 1 aromatic heterocycles. The van der Waals surface area contributed by atoms with Crippen LogP contribution in [0, 0.1) is 18.3 Å². The summed E-state index contributed by atoms with van der Waals surface area (Å²) in [5.74, 6) is 0.586. The van der Waals surface area contributed by atoms with Crippen molar-refractivity contribution in [3.63, 3.8) is 0 Å². The SMILES string of the molecule is Cc1nc(SC(C)C(=O)NC2(C#N)CCCCC2)c2ccccc2n1. The Morgan fingerprint density at radius 1 is 1.28 bits per heavy atom. The van der Waals surface area contributed by atoms with Gasteiger partial charge in [-0.15, -0.1) is 0 Å². The van der Waals surface area contributed by atoms with Gasteiger partial charge < -0.3 is 5.32 Å². The molecule has 1 unspecified atom stereocenters. The van der Waals surface area contributed by atoms with E-state index in [0.717, 1.165) is 48.0 Å². The minimum atomic E-state index is -0.701. The molecule has 6 heteroatoms. The van der Waals surface area contributed by atoms with Gasteiger partial charge in [0.15, 0.2) is 0 Å². The number of rotatable bonds is 4. The molecule has 1 fully saturated rings. The molecule has 0 bridgehead atoms. The first-order valence-electron chi connectivity index (χ1n) is 8.66. The number of aryl methyl sites for hydroxylation is 1. The molecule has 1 N–H and O–H groups in total. The smallest absolute Gasteiger partial charge is 0.234 e. The number of carbonyl (C=O) groups is 1. The Morgan fingerprint density at radius 3 is 2.72 bits per heavy atom. The lowest BCUT2D eigenvalue weighted by molar-refractivity contribution is -0.121. The Labute approximate surface area is 152 Å². The number of para-hydroxylation sites is 1. The summed E-state index contributed by atoms with van der Waals surface area (Å²) < 4.78 is 0. The normalized spacial score (nSPS) is 17.6. The van der Waals surface area contributed by atoms with E-state index in [4.69, 9.17) is 0 Å². The van der Waals surface area contributed by atoms with Crippen molar-refractivity contribution >= 4 is 28.6 Å². The van der Waals surface area contributed by atoms with Crippen LogP contribution in [0.1, 0.15) is 44.9 Å². The van der Waals surface area contributed by atoms with Gasteiger partial charge in [-0.3, -0.25) is 4.79 Å². The summed E-state index contributed by atoms with van der Waals surface area (Å²) in [4.78, 5) is 21.6. The van der Waals surface area contributed by atoms with Crippen LogP contribution >= 0.6 is 11.8 Å². The number of hydrogen-bond acceptors (Lipinski definition) is 5. The number of nitrogens with zero attached hydrogens (tertiary/aromatic N) is 3. The zero-order valence-electron chi connectivity index (χ0n) is 14.6. The maximum atomic E-state index is 12.7. The molecule has 1 aliphatic rings. The molecule has 1 saturated carbocycles. The van der Waals surface area contributed by atoms with Crippen LogP contribution < -0.4 is 5.32 Å². The predicted octanol–water partition coefficient (Wildman–Crippen LogP) is 3.76. The van der Waals surface area contributed by atoms with Crippen LogP contribution in [0.4, 0.5) is 0 Å². The first kappa shape index (κ1) is 17.7. The van der Waals surface area contributed by atoms with Gasteiger partial charge in [-0.1, -0.05) is 49.2 Å². The number of nitriles is 1. The highest BCUT2D eigenvalue weighted by Crippen LogP contribution is 2.31. The van der Waals surface area contributed by atoms with Crippen molar-refractivity contribution in [3.05, 3.63) is 30.1 Å². The van der Waals surface area contributed by atoms with E-state index in [1.165, 1.54) is 11.8 Å². The Hall–Kier alpha value is -2.13. The highest BCUT2D eigenvalue weighted by atomic mass is 32.2. The number of fused-ring (bicyclic) bond motifs is 1. The van der Waals surface area contributed by atoms with Crippen LogP contribution in [0.3, 0.4) is 0 Å². The Morgan fingerprint density at radius 2 is 2.00 bits per heavy atom. The van der Waals surface area contributed by atoms with Crippen molar-refractivity contribution < 1.29 is 4.79 Å². The van der Waals surface area contributed by atoms with Crippen molar-refractivity contribution in [2.75, 3.05) is 0 Å². The van der Waals surface area contributed by atoms with E-state index < -0.39 is 5.54 Å². The van der Waals surface area contributed by atoms with E-state index >= 15 is 0 Å². The van der Waals surface area contributed by atoms with Gasteiger partial charge in [0.05, 0.1) is 16.8 Å². The third-order valence-electron chi connectivity index (χ3n) is 4.62. The summed E-state index contributed by atoms with van der Waals surface area (Å²) in [5.41, 5.74) is 0.180. The van der Waals surface area contributed by atoms with Crippen LogP contribution in [0.15, 0.2) is 29.3 Å². The molecule has 3 rings (SSSR count).